The van der Waals surface area contributed by atoms with Gasteiger partial charge in [-0.25, -0.2) is 0 Å². The topological polar surface area (TPSA) is 76.7 Å². The van der Waals surface area contributed by atoms with Crippen LogP contribution >= 0.6 is 0 Å². The van der Waals surface area contributed by atoms with Crippen LogP contribution in [0.3, 0.4) is 0 Å². The number of carbonyl (C=O) groups excluding carboxylic acids is 2. The number of ether oxygens (including phenoxy) is 2. The van der Waals surface area contributed by atoms with Gasteiger partial charge in [0.25, 0.3) is 11.8 Å². The van der Waals surface area contributed by atoms with Crippen LogP contribution in [-0.2, 0) is 0 Å². The van der Waals surface area contributed by atoms with E-state index in [4.69, 9.17) is 9.47 Å². The molecule has 1 atom stereocenters. The van der Waals surface area contributed by atoms with Crippen LogP contribution < -0.4 is 20.1 Å². The Kier molecular flexibility index (Phi) is 6.78. The quantitative estimate of drug-likeness (QED) is 0.381. The second-order valence-corrected chi connectivity index (χ2v) is 7.84. The lowest BCUT2D eigenvalue weighted by atomic mass is 9.99. The standard InChI is InChI=1S/C28H26N2O4/c1-18(22-14-7-10-19-9-4-5-13-23(19)22)29-27(31)20-11-6-12-21(17-20)30-28(32)26-24(33-2)15-8-16-25(26)34-3/h4-18H,1-3H3,(H,29,31)(H,30,32)/t18-/m1/s1. The third kappa shape index (κ3) is 4.71. The normalized spacial score (nSPS) is 11.5. The molecule has 34 heavy (non-hydrogen) atoms. The minimum atomic E-state index is -0.393. The fraction of sp³-hybridized carbons (Fsp3) is 0.143. The monoisotopic (exact) mass is 454 g/mol. The molecule has 0 spiro atoms. The molecule has 4 aromatic carbocycles. The molecule has 0 saturated heterocycles. The fourth-order valence-corrected chi connectivity index (χ4v) is 3.99. The number of benzene rings is 4. The summed E-state index contributed by atoms with van der Waals surface area (Å²) in [5.74, 6) is 0.173. The Morgan fingerprint density at radius 1 is 0.765 bits per heavy atom. The van der Waals surface area contributed by atoms with Gasteiger partial charge in [0.15, 0.2) is 0 Å². The van der Waals surface area contributed by atoms with Crippen LogP contribution in [0.2, 0.25) is 0 Å². The van der Waals surface area contributed by atoms with Crippen molar-refractivity contribution < 1.29 is 19.1 Å². The molecule has 4 rings (SSSR count). The minimum Gasteiger partial charge on any atom is -0.496 e. The third-order valence-corrected chi connectivity index (χ3v) is 5.67. The van der Waals surface area contributed by atoms with E-state index in [1.165, 1.54) is 14.2 Å². The number of fused-ring (bicyclic) bond motifs is 1. The first-order valence-electron chi connectivity index (χ1n) is 10.9. The van der Waals surface area contributed by atoms with Crippen molar-refractivity contribution in [2.24, 2.45) is 0 Å². The van der Waals surface area contributed by atoms with Crippen LogP contribution in [0.4, 0.5) is 5.69 Å². The highest BCUT2D eigenvalue weighted by Crippen LogP contribution is 2.29. The Labute approximate surface area is 198 Å². The van der Waals surface area contributed by atoms with Gasteiger partial charge in [0.1, 0.15) is 17.1 Å². The van der Waals surface area contributed by atoms with Crippen LogP contribution in [-0.4, -0.2) is 26.0 Å². The molecule has 0 bridgehead atoms. The Balaban J connectivity index is 1.52. The molecule has 2 N–H and O–H groups in total. The SMILES string of the molecule is COc1cccc(OC)c1C(=O)Nc1cccc(C(=O)N[C@H](C)c2cccc3ccccc23)c1. The summed E-state index contributed by atoms with van der Waals surface area (Å²) >= 11 is 0. The van der Waals surface area contributed by atoms with Crippen LogP contribution in [0.5, 0.6) is 11.5 Å². The molecule has 0 aromatic heterocycles. The van der Waals surface area contributed by atoms with Gasteiger partial charge in [0, 0.05) is 11.3 Å². The predicted octanol–water partition coefficient (Wildman–Crippen LogP) is 5.60. The zero-order chi connectivity index (χ0) is 24.1. The molecule has 0 saturated carbocycles. The van der Waals surface area contributed by atoms with Gasteiger partial charge in [0.05, 0.1) is 20.3 Å². The average Bonchev–Trinajstić information content (AvgIpc) is 2.87. The molecule has 0 heterocycles. The molecule has 0 aliphatic carbocycles. The fourth-order valence-electron chi connectivity index (χ4n) is 3.99. The molecular formula is C28H26N2O4. The summed E-state index contributed by atoms with van der Waals surface area (Å²) in [6, 6.07) is 25.9. The van der Waals surface area contributed by atoms with Crippen molar-refractivity contribution in [3.8, 4) is 11.5 Å². The van der Waals surface area contributed by atoms with E-state index in [1.807, 2.05) is 31.2 Å². The number of hydrogen-bond donors (Lipinski definition) is 2. The molecule has 172 valence electrons. The molecule has 0 radical (unpaired) electrons. The number of methoxy groups -OCH3 is 2. The zero-order valence-electron chi connectivity index (χ0n) is 19.3. The number of carbonyl (C=O) groups is 2. The highest BCUT2D eigenvalue weighted by atomic mass is 16.5. The van der Waals surface area contributed by atoms with E-state index in [0.29, 0.717) is 22.7 Å². The maximum atomic E-state index is 13.0. The van der Waals surface area contributed by atoms with Crippen LogP contribution in [0, 0.1) is 0 Å². The van der Waals surface area contributed by atoms with Gasteiger partial charge in [-0.3, -0.25) is 9.59 Å². The van der Waals surface area contributed by atoms with E-state index in [9.17, 15) is 9.59 Å². The first-order chi connectivity index (χ1) is 16.5. The first kappa shape index (κ1) is 22.9. The first-order valence-corrected chi connectivity index (χ1v) is 10.9. The van der Waals surface area contributed by atoms with Crippen molar-refractivity contribution in [2.75, 3.05) is 19.5 Å². The summed E-state index contributed by atoms with van der Waals surface area (Å²) in [5.41, 5.74) is 2.26. The highest BCUT2D eigenvalue weighted by Gasteiger charge is 2.19. The summed E-state index contributed by atoms with van der Waals surface area (Å²) in [5, 5.41) is 8.12. The van der Waals surface area contributed by atoms with Crippen LogP contribution in [0.25, 0.3) is 10.8 Å². The van der Waals surface area contributed by atoms with Gasteiger partial charge in [-0.1, -0.05) is 54.6 Å². The summed E-state index contributed by atoms with van der Waals surface area (Å²) in [7, 11) is 2.99. The molecule has 6 nitrogen and oxygen atoms in total. The van der Waals surface area contributed by atoms with E-state index in [1.54, 1.807) is 42.5 Å². The molecular weight excluding hydrogens is 428 g/mol. The second kappa shape index (κ2) is 10.1. The summed E-state index contributed by atoms with van der Waals surface area (Å²) in [6.07, 6.45) is 0. The van der Waals surface area contributed by atoms with Gasteiger partial charge < -0.3 is 20.1 Å². The molecule has 2 amide bonds. The minimum absolute atomic E-state index is 0.199. The molecule has 0 aliphatic heterocycles. The van der Waals surface area contributed by atoms with E-state index in [-0.39, 0.29) is 17.5 Å². The lowest BCUT2D eigenvalue weighted by Crippen LogP contribution is -2.27. The lowest BCUT2D eigenvalue weighted by molar-refractivity contribution is 0.0938. The maximum absolute atomic E-state index is 13.0. The van der Waals surface area contributed by atoms with Crippen molar-refractivity contribution in [2.45, 2.75) is 13.0 Å². The maximum Gasteiger partial charge on any atom is 0.263 e. The number of amides is 2. The number of anilines is 1. The summed E-state index contributed by atoms with van der Waals surface area (Å²) in [6.45, 7) is 1.96. The van der Waals surface area contributed by atoms with Crippen molar-refractivity contribution in [3.05, 3.63) is 102 Å². The summed E-state index contributed by atoms with van der Waals surface area (Å²) < 4.78 is 10.6. The average molecular weight is 455 g/mol. The molecule has 0 aliphatic rings. The van der Waals surface area contributed by atoms with Crippen molar-refractivity contribution in [1.82, 2.24) is 5.32 Å². The van der Waals surface area contributed by atoms with Crippen molar-refractivity contribution in [3.63, 3.8) is 0 Å². The van der Waals surface area contributed by atoms with Gasteiger partial charge in [-0.05, 0) is 53.6 Å². The lowest BCUT2D eigenvalue weighted by Gasteiger charge is -2.17. The Morgan fingerprint density at radius 3 is 2.15 bits per heavy atom. The van der Waals surface area contributed by atoms with E-state index >= 15 is 0 Å². The van der Waals surface area contributed by atoms with Gasteiger partial charge >= 0.3 is 0 Å². The zero-order valence-corrected chi connectivity index (χ0v) is 19.3. The molecule has 4 aromatic rings. The highest BCUT2D eigenvalue weighted by molar-refractivity contribution is 6.08. The third-order valence-electron chi connectivity index (χ3n) is 5.67. The van der Waals surface area contributed by atoms with Gasteiger partial charge in [-0.15, -0.1) is 0 Å². The van der Waals surface area contributed by atoms with E-state index in [0.717, 1.165) is 16.3 Å². The van der Waals surface area contributed by atoms with Gasteiger partial charge in [-0.2, -0.15) is 0 Å². The smallest absolute Gasteiger partial charge is 0.263 e. The molecule has 6 heteroatoms. The van der Waals surface area contributed by atoms with E-state index < -0.39 is 5.91 Å². The van der Waals surface area contributed by atoms with Crippen molar-refractivity contribution >= 4 is 28.3 Å². The predicted molar refractivity (Wildman–Crippen MR) is 134 cm³/mol. The van der Waals surface area contributed by atoms with Crippen LogP contribution in [0.15, 0.2) is 84.9 Å². The Morgan fingerprint density at radius 2 is 1.41 bits per heavy atom. The molecule has 0 unspecified atom stereocenters. The van der Waals surface area contributed by atoms with Crippen molar-refractivity contribution in [1.29, 1.82) is 0 Å². The van der Waals surface area contributed by atoms with Gasteiger partial charge in [0.2, 0.25) is 0 Å². The largest absolute Gasteiger partial charge is 0.496 e. The van der Waals surface area contributed by atoms with E-state index in [2.05, 4.69) is 28.8 Å². The Bertz CT molecular complexity index is 1320. The van der Waals surface area contributed by atoms with Crippen LogP contribution in [0.1, 0.15) is 39.2 Å². The molecule has 0 fully saturated rings. The number of nitrogens with one attached hydrogen (secondary N) is 2. The Hall–Kier alpha value is -4.32. The number of hydrogen-bond acceptors (Lipinski definition) is 4. The second-order valence-electron chi connectivity index (χ2n) is 7.84. The number of rotatable bonds is 7. The summed E-state index contributed by atoms with van der Waals surface area (Å²) in [4.78, 5) is 26.0.